The van der Waals surface area contributed by atoms with E-state index in [2.05, 4.69) is 23.5 Å². The van der Waals surface area contributed by atoms with Crippen molar-refractivity contribution in [2.24, 2.45) is 5.92 Å². The molecule has 0 unspecified atom stereocenters. The summed E-state index contributed by atoms with van der Waals surface area (Å²) in [6.45, 7) is 2.02. The number of benzene rings is 1. The fourth-order valence-corrected chi connectivity index (χ4v) is 2.58. The lowest BCUT2D eigenvalue weighted by Crippen LogP contribution is -2.10. The van der Waals surface area contributed by atoms with E-state index in [4.69, 9.17) is 4.74 Å². The molecule has 2 heteroatoms. The molecule has 1 aliphatic heterocycles. The van der Waals surface area contributed by atoms with E-state index >= 15 is 0 Å². The van der Waals surface area contributed by atoms with Crippen LogP contribution in [0.15, 0.2) is 18.2 Å². The van der Waals surface area contributed by atoms with Gasteiger partial charge in [-0.2, -0.15) is 0 Å². The second-order valence-electron chi connectivity index (χ2n) is 4.63. The third-order valence-electron chi connectivity index (χ3n) is 3.53. The second-order valence-corrected chi connectivity index (χ2v) is 4.63. The summed E-state index contributed by atoms with van der Waals surface area (Å²) in [4.78, 5) is 0. The molecule has 2 aliphatic rings. The number of ether oxygens (including phenoxy) is 1. The monoisotopic (exact) mass is 203 g/mol. The molecule has 0 saturated heterocycles. The summed E-state index contributed by atoms with van der Waals surface area (Å²) in [6.07, 6.45) is 2.44. The molecule has 1 N–H and O–H groups in total. The van der Waals surface area contributed by atoms with Gasteiger partial charge in [0.15, 0.2) is 0 Å². The van der Waals surface area contributed by atoms with Crippen LogP contribution >= 0.6 is 0 Å². The van der Waals surface area contributed by atoms with Crippen LogP contribution < -0.4 is 10.1 Å². The van der Waals surface area contributed by atoms with Gasteiger partial charge in [-0.1, -0.05) is 12.1 Å². The Hall–Kier alpha value is -1.02. The molecule has 2 atom stereocenters. The Morgan fingerprint density at radius 2 is 2.40 bits per heavy atom. The van der Waals surface area contributed by atoms with Gasteiger partial charge in [0.05, 0.1) is 6.61 Å². The fourth-order valence-electron chi connectivity index (χ4n) is 2.58. The van der Waals surface area contributed by atoms with Crippen molar-refractivity contribution in [3.63, 3.8) is 0 Å². The first-order chi connectivity index (χ1) is 7.38. The number of hydrogen-bond donors (Lipinski definition) is 1. The summed E-state index contributed by atoms with van der Waals surface area (Å²) in [7, 11) is 2.03. The van der Waals surface area contributed by atoms with Crippen molar-refractivity contribution < 1.29 is 4.74 Å². The first-order valence-corrected chi connectivity index (χ1v) is 5.78. The van der Waals surface area contributed by atoms with Gasteiger partial charge in [0.2, 0.25) is 0 Å². The number of fused-ring (bicyclic) bond motifs is 1. The van der Waals surface area contributed by atoms with Crippen molar-refractivity contribution in [2.45, 2.75) is 18.8 Å². The summed E-state index contributed by atoms with van der Waals surface area (Å²) in [5.74, 6) is 2.75. The van der Waals surface area contributed by atoms with E-state index in [1.165, 1.54) is 17.5 Å². The molecule has 0 amide bonds. The Bertz CT molecular complexity index is 375. The van der Waals surface area contributed by atoms with Crippen LogP contribution in [-0.2, 0) is 6.42 Å². The second kappa shape index (κ2) is 3.53. The van der Waals surface area contributed by atoms with E-state index in [-0.39, 0.29) is 0 Å². The average molecular weight is 203 g/mol. The van der Waals surface area contributed by atoms with Gasteiger partial charge in [-0.25, -0.2) is 0 Å². The fraction of sp³-hybridized carbons (Fsp3) is 0.538. The maximum Gasteiger partial charge on any atom is 0.122 e. The third-order valence-corrected chi connectivity index (χ3v) is 3.53. The molecule has 0 spiro atoms. The average Bonchev–Trinajstić information content (AvgIpc) is 2.87. The standard InChI is InChI=1S/C13H17NO/c1-14-8-11-7-12(11)9-2-3-13-10(6-9)4-5-15-13/h2-3,6,11-12,14H,4-5,7-8H2,1H3/t11-,12+/m0/s1. The van der Waals surface area contributed by atoms with E-state index in [1.54, 1.807) is 0 Å². The van der Waals surface area contributed by atoms with E-state index in [0.29, 0.717) is 0 Å². The molecule has 80 valence electrons. The Labute approximate surface area is 90.6 Å². The molecule has 3 rings (SSSR count). The van der Waals surface area contributed by atoms with Crippen LogP contribution in [0.5, 0.6) is 5.75 Å². The minimum Gasteiger partial charge on any atom is -0.493 e. The highest BCUT2D eigenvalue weighted by Gasteiger charge is 2.37. The molecule has 1 heterocycles. The van der Waals surface area contributed by atoms with Gasteiger partial charge in [0.1, 0.15) is 5.75 Å². The summed E-state index contributed by atoms with van der Waals surface area (Å²) in [5.41, 5.74) is 2.92. The SMILES string of the molecule is CNC[C@@H]1C[C@@H]1c1ccc2c(c1)CCO2. The lowest BCUT2D eigenvalue weighted by molar-refractivity contribution is 0.357. The summed E-state index contributed by atoms with van der Waals surface area (Å²) < 4.78 is 5.52. The van der Waals surface area contributed by atoms with Crippen LogP contribution in [-0.4, -0.2) is 20.2 Å². The van der Waals surface area contributed by atoms with Gasteiger partial charge in [-0.05, 0) is 49.0 Å². The van der Waals surface area contributed by atoms with Crippen LogP contribution in [0.1, 0.15) is 23.5 Å². The lowest BCUT2D eigenvalue weighted by Gasteiger charge is -2.03. The highest BCUT2D eigenvalue weighted by atomic mass is 16.5. The van der Waals surface area contributed by atoms with E-state index in [0.717, 1.165) is 37.2 Å². The Kier molecular flexibility index (Phi) is 2.17. The highest BCUT2D eigenvalue weighted by molar-refractivity contribution is 5.42. The van der Waals surface area contributed by atoms with Crippen molar-refractivity contribution in [3.8, 4) is 5.75 Å². The molecule has 1 aliphatic carbocycles. The molecule has 15 heavy (non-hydrogen) atoms. The van der Waals surface area contributed by atoms with Gasteiger partial charge >= 0.3 is 0 Å². The van der Waals surface area contributed by atoms with Crippen LogP contribution in [0.4, 0.5) is 0 Å². The molecule has 1 fully saturated rings. The van der Waals surface area contributed by atoms with E-state index < -0.39 is 0 Å². The van der Waals surface area contributed by atoms with E-state index in [9.17, 15) is 0 Å². The topological polar surface area (TPSA) is 21.3 Å². The molecule has 0 bridgehead atoms. The van der Waals surface area contributed by atoms with Crippen LogP contribution in [0.2, 0.25) is 0 Å². The van der Waals surface area contributed by atoms with Gasteiger partial charge in [-0.3, -0.25) is 0 Å². The van der Waals surface area contributed by atoms with Gasteiger partial charge in [-0.15, -0.1) is 0 Å². The quantitative estimate of drug-likeness (QED) is 0.810. The number of rotatable bonds is 3. The third kappa shape index (κ3) is 1.63. The minimum absolute atomic E-state index is 0.795. The molecule has 1 aromatic carbocycles. The predicted molar refractivity (Wildman–Crippen MR) is 60.4 cm³/mol. The zero-order chi connectivity index (χ0) is 10.3. The minimum atomic E-state index is 0.795. The first-order valence-electron chi connectivity index (χ1n) is 5.78. The van der Waals surface area contributed by atoms with Crippen molar-refractivity contribution >= 4 is 0 Å². The number of hydrogen-bond acceptors (Lipinski definition) is 2. The molecular weight excluding hydrogens is 186 g/mol. The predicted octanol–water partition coefficient (Wildman–Crippen LogP) is 1.94. The maximum atomic E-state index is 5.52. The summed E-state index contributed by atoms with van der Waals surface area (Å²) >= 11 is 0. The molecule has 2 nitrogen and oxygen atoms in total. The highest BCUT2D eigenvalue weighted by Crippen LogP contribution is 2.47. The van der Waals surface area contributed by atoms with Gasteiger partial charge in [0.25, 0.3) is 0 Å². The van der Waals surface area contributed by atoms with Crippen LogP contribution in [0.3, 0.4) is 0 Å². The van der Waals surface area contributed by atoms with Crippen molar-refractivity contribution in [1.82, 2.24) is 5.32 Å². The smallest absolute Gasteiger partial charge is 0.122 e. The molecule has 0 aromatic heterocycles. The van der Waals surface area contributed by atoms with Crippen molar-refractivity contribution in [3.05, 3.63) is 29.3 Å². The summed E-state index contributed by atoms with van der Waals surface area (Å²) in [6, 6.07) is 6.74. The van der Waals surface area contributed by atoms with Crippen molar-refractivity contribution in [1.29, 1.82) is 0 Å². The van der Waals surface area contributed by atoms with E-state index in [1.807, 2.05) is 7.05 Å². The zero-order valence-electron chi connectivity index (χ0n) is 9.12. The largest absolute Gasteiger partial charge is 0.493 e. The number of nitrogens with one attached hydrogen (secondary N) is 1. The van der Waals surface area contributed by atoms with Gasteiger partial charge < -0.3 is 10.1 Å². The van der Waals surface area contributed by atoms with Crippen LogP contribution in [0.25, 0.3) is 0 Å². The normalized spacial score (nSPS) is 27.3. The summed E-state index contributed by atoms with van der Waals surface area (Å²) in [5, 5.41) is 3.26. The maximum absolute atomic E-state index is 5.52. The first kappa shape index (κ1) is 9.22. The van der Waals surface area contributed by atoms with Crippen LogP contribution in [0, 0.1) is 5.92 Å². The molecule has 1 aromatic rings. The van der Waals surface area contributed by atoms with Crippen molar-refractivity contribution in [2.75, 3.05) is 20.2 Å². The Morgan fingerprint density at radius 1 is 1.47 bits per heavy atom. The van der Waals surface area contributed by atoms with Gasteiger partial charge in [0, 0.05) is 6.42 Å². The lowest BCUT2D eigenvalue weighted by atomic mass is 10.0. The Morgan fingerprint density at radius 3 is 3.27 bits per heavy atom. The molecular formula is C13H17NO. The Balaban J connectivity index is 1.77. The molecule has 1 saturated carbocycles. The zero-order valence-corrected chi connectivity index (χ0v) is 9.12. The molecule has 0 radical (unpaired) electrons.